The maximum Gasteiger partial charge on any atom is 0.413 e. The number of anilines is 2. The first kappa shape index (κ1) is 38.9. The van der Waals surface area contributed by atoms with Crippen molar-refractivity contribution in [3.8, 4) is 57.0 Å². The molecule has 13 heteroatoms. The van der Waals surface area contributed by atoms with Crippen LogP contribution < -0.4 is 38.6 Å². The Balaban J connectivity index is 1.72. The van der Waals surface area contributed by atoms with E-state index in [-0.39, 0.29) is 24.1 Å². The molecule has 0 aliphatic carbocycles. The highest BCUT2D eigenvalue weighted by Gasteiger charge is 2.26. The van der Waals surface area contributed by atoms with Gasteiger partial charge in [0.05, 0.1) is 65.8 Å². The van der Waals surface area contributed by atoms with E-state index in [1.165, 1.54) is 33.3 Å². The van der Waals surface area contributed by atoms with Crippen LogP contribution in [0.25, 0.3) is 33.7 Å². The van der Waals surface area contributed by atoms with Gasteiger partial charge in [-0.15, -0.1) is 0 Å². The van der Waals surface area contributed by atoms with Crippen molar-refractivity contribution < 1.29 is 38.3 Å². The van der Waals surface area contributed by atoms with Crippen molar-refractivity contribution in [2.24, 2.45) is 0 Å². The standard InChI is InChI=1S/C43H45N5O8/c1-8-9-20-48(43(49)50)35-25-30(44-36(26-16-12-10-13-17-26)27-18-14-11-15-19-27)39-42(45-35)47-38(29-23-33(53-4)41(56-7)34(24-29)54-5)37(46-39)28-21-31(51-2)40(55-6)32(22-28)52-3/h10-19,21-25,36H,8-9,20H2,1-7H3,(H,49,50)(H,44,45,47). The predicted molar refractivity (Wildman–Crippen MR) is 216 cm³/mol. The Morgan fingerprint density at radius 3 is 1.54 bits per heavy atom. The maximum absolute atomic E-state index is 12.8. The number of amides is 1. The molecule has 13 nitrogen and oxygen atoms in total. The van der Waals surface area contributed by atoms with Gasteiger partial charge in [-0.3, -0.25) is 4.90 Å². The van der Waals surface area contributed by atoms with Crippen LogP contribution in [0.15, 0.2) is 91.0 Å². The maximum atomic E-state index is 12.8. The number of methoxy groups -OCH3 is 6. The van der Waals surface area contributed by atoms with Crippen LogP contribution in [-0.2, 0) is 0 Å². The fourth-order valence-electron chi connectivity index (χ4n) is 6.54. The number of hydrogen-bond donors (Lipinski definition) is 2. The van der Waals surface area contributed by atoms with Crippen LogP contribution in [0, 0.1) is 0 Å². The van der Waals surface area contributed by atoms with E-state index in [9.17, 15) is 9.90 Å². The summed E-state index contributed by atoms with van der Waals surface area (Å²) in [6.07, 6.45) is 0.287. The third-order valence-electron chi connectivity index (χ3n) is 9.31. The number of aromatic nitrogens is 3. The molecule has 2 N–H and O–H groups in total. The number of nitrogens with zero attached hydrogens (tertiary/aromatic N) is 4. The average Bonchev–Trinajstić information content (AvgIpc) is 3.24. The second kappa shape index (κ2) is 17.6. The lowest BCUT2D eigenvalue weighted by atomic mass is 9.98. The Kier molecular flexibility index (Phi) is 12.2. The molecule has 0 radical (unpaired) electrons. The SMILES string of the molecule is CCCCN(C(=O)O)c1cc(NC(c2ccccc2)c2ccccc2)c2nc(-c3cc(OC)c(OC)c(OC)c3)c(-c3cc(OC)c(OC)c(OC)c3)nc2n1. The van der Waals surface area contributed by atoms with Gasteiger partial charge in [0.15, 0.2) is 28.6 Å². The van der Waals surface area contributed by atoms with Crippen molar-refractivity contribution in [2.75, 3.05) is 59.4 Å². The molecule has 0 fully saturated rings. The molecule has 0 unspecified atom stereocenters. The molecule has 56 heavy (non-hydrogen) atoms. The quantitative estimate of drug-likeness (QED) is 0.0971. The molecular weight excluding hydrogens is 714 g/mol. The van der Waals surface area contributed by atoms with E-state index < -0.39 is 6.09 Å². The fourth-order valence-corrected chi connectivity index (χ4v) is 6.54. The van der Waals surface area contributed by atoms with E-state index in [0.29, 0.717) is 74.6 Å². The van der Waals surface area contributed by atoms with Crippen LogP contribution in [0.1, 0.15) is 36.9 Å². The number of fused-ring (bicyclic) bond motifs is 1. The zero-order chi connectivity index (χ0) is 39.8. The van der Waals surface area contributed by atoms with Gasteiger partial charge in [0.2, 0.25) is 11.5 Å². The summed E-state index contributed by atoms with van der Waals surface area (Å²) in [5.74, 6) is 2.62. The van der Waals surface area contributed by atoms with E-state index in [1.807, 2.05) is 67.6 Å². The van der Waals surface area contributed by atoms with Crippen molar-refractivity contribution in [3.63, 3.8) is 0 Å². The molecule has 0 aliphatic heterocycles. The Hall–Kier alpha value is -6.76. The molecule has 1 amide bonds. The largest absolute Gasteiger partial charge is 0.493 e. The summed E-state index contributed by atoms with van der Waals surface area (Å²) in [4.78, 5) is 29.4. The summed E-state index contributed by atoms with van der Waals surface area (Å²) >= 11 is 0. The Morgan fingerprint density at radius 1 is 0.661 bits per heavy atom. The molecule has 0 saturated carbocycles. The lowest BCUT2D eigenvalue weighted by molar-refractivity contribution is 0.201. The number of hydrogen-bond acceptors (Lipinski definition) is 11. The summed E-state index contributed by atoms with van der Waals surface area (Å²) in [7, 11) is 9.22. The molecule has 4 aromatic carbocycles. The number of nitrogens with one attached hydrogen (secondary N) is 1. The van der Waals surface area contributed by atoms with Gasteiger partial charge in [0, 0.05) is 23.7 Å². The monoisotopic (exact) mass is 759 g/mol. The first-order valence-electron chi connectivity index (χ1n) is 18.0. The van der Waals surface area contributed by atoms with Crippen LogP contribution in [0.3, 0.4) is 0 Å². The molecule has 0 spiro atoms. The van der Waals surface area contributed by atoms with Crippen molar-refractivity contribution in [3.05, 3.63) is 102 Å². The first-order valence-corrected chi connectivity index (χ1v) is 18.0. The molecule has 0 bridgehead atoms. The van der Waals surface area contributed by atoms with Crippen LogP contribution in [0.4, 0.5) is 16.3 Å². The second-order valence-corrected chi connectivity index (χ2v) is 12.6. The molecule has 2 aromatic heterocycles. The number of benzene rings is 4. The molecule has 290 valence electrons. The minimum absolute atomic E-state index is 0.200. The van der Waals surface area contributed by atoms with Crippen LogP contribution >= 0.6 is 0 Å². The van der Waals surface area contributed by atoms with E-state index >= 15 is 0 Å². The summed E-state index contributed by atoms with van der Waals surface area (Å²) in [6.45, 7) is 2.24. The van der Waals surface area contributed by atoms with E-state index in [1.54, 1.807) is 44.6 Å². The molecule has 0 atom stereocenters. The number of carbonyl (C=O) groups is 1. The predicted octanol–water partition coefficient (Wildman–Crippen LogP) is 8.90. The molecule has 2 heterocycles. The second-order valence-electron chi connectivity index (χ2n) is 12.6. The number of rotatable bonds is 16. The molecule has 0 aliphatic rings. The van der Waals surface area contributed by atoms with E-state index in [0.717, 1.165) is 17.5 Å². The van der Waals surface area contributed by atoms with Crippen molar-refractivity contribution in [1.29, 1.82) is 0 Å². The van der Waals surface area contributed by atoms with Crippen LogP contribution in [-0.4, -0.2) is 75.4 Å². The van der Waals surface area contributed by atoms with E-state index in [2.05, 4.69) is 5.32 Å². The normalized spacial score (nSPS) is 10.9. The Labute approximate surface area is 325 Å². The van der Waals surface area contributed by atoms with Gasteiger partial charge in [-0.2, -0.15) is 0 Å². The van der Waals surface area contributed by atoms with Crippen molar-refractivity contribution >= 4 is 28.8 Å². The fraction of sp³-hybridized carbons (Fsp3) is 0.256. The topological polar surface area (TPSA) is 147 Å². The molecule has 6 rings (SSSR count). The lowest BCUT2D eigenvalue weighted by Crippen LogP contribution is -2.31. The Morgan fingerprint density at radius 2 is 1.12 bits per heavy atom. The molecular formula is C43H45N5O8. The number of carboxylic acid groups (broad SMARTS) is 1. The van der Waals surface area contributed by atoms with Gasteiger partial charge in [0.1, 0.15) is 11.3 Å². The van der Waals surface area contributed by atoms with Gasteiger partial charge in [-0.1, -0.05) is 74.0 Å². The third kappa shape index (κ3) is 7.88. The van der Waals surface area contributed by atoms with Crippen LogP contribution in [0.2, 0.25) is 0 Å². The van der Waals surface area contributed by atoms with Gasteiger partial charge in [-0.05, 0) is 41.8 Å². The van der Waals surface area contributed by atoms with Gasteiger partial charge >= 0.3 is 6.09 Å². The zero-order valence-corrected chi connectivity index (χ0v) is 32.5. The third-order valence-corrected chi connectivity index (χ3v) is 9.31. The van der Waals surface area contributed by atoms with Gasteiger partial charge in [-0.25, -0.2) is 19.7 Å². The van der Waals surface area contributed by atoms with Crippen molar-refractivity contribution in [1.82, 2.24) is 15.0 Å². The number of pyridine rings is 1. The number of unbranched alkanes of at least 4 members (excludes halogenated alkanes) is 1. The highest BCUT2D eigenvalue weighted by atomic mass is 16.5. The zero-order valence-electron chi connectivity index (χ0n) is 32.5. The summed E-state index contributed by atoms with van der Waals surface area (Å²) < 4.78 is 34.2. The molecule has 0 saturated heterocycles. The Bertz CT molecular complexity index is 2220. The van der Waals surface area contributed by atoms with Crippen molar-refractivity contribution in [2.45, 2.75) is 25.8 Å². The van der Waals surface area contributed by atoms with Gasteiger partial charge < -0.3 is 38.8 Å². The van der Waals surface area contributed by atoms with Gasteiger partial charge in [0.25, 0.3) is 0 Å². The van der Waals surface area contributed by atoms with E-state index in [4.69, 9.17) is 43.4 Å². The smallest absolute Gasteiger partial charge is 0.413 e. The molecule has 6 aromatic rings. The lowest BCUT2D eigenvalue weighted by Gasteiger charge is -2.24. The summed E-state index contributed by atoms with van der Waals surface area (Å²) in [5, 5.41) is 14.2. The minimum Gasteiger partial charge on any atom is -0.493 e. The van der Waals surface area contributed by atoms with Crippen LogP contribution in [0.5, 0.6) is 34.5 Å². The average molecular weight is 760 g/mol. The highest BCUT2D eigenvalue weighted by Crippen LogP contribution is 2.46. The number of ether oxygens (including phenoxy) is 6. The highest BCUT2D eigenvalue weighted by molar-refractivity contribution is 5.96. The minimum atomic E-state index is -1.13. The summed E-state index contributed by atoms with van der Waals surface area (Å²) in [6, 6.07) is 28.5. The summed E-state index contributed by atoms with van der Waals surface area (Å²) in [5.41, 5.74) is 5.05. The first-order chi connectivity index (χ1) is 27.3.